The van der Waals surface area contributed by atoms with Gasteiger partial charge < -0.3 is 0 Å². The Morgan fingerprint density at radius 1 is 1.24 bits per heavy atom. The summed E-state index contributed by atoms with van der Waals surface area (Å²) in [6.07, 6.45) is 6.05. The van der Waals surface area contributed by atoms with E-state index < -0.39 is 0 Å². The fourth-order valence-corrected chi connectivity index (χ4v) is 2.84. The van der Waals surface area contributed by atoms with Gasteiger partial charge in [0.05, 0.1) is 6.07 Å². The van der Waals surface area contributed by atoms with E-state index in [2.05, 4.69) is 32.2 Å². The van der Waals surface area contributed by atoms with Crippen LogP contribution in [0, 0.1) is 11.3 Å². The van der Waals surface area contributed by atoms with Gasteiger partial charge >= 0.3 is 0 Å². The van der Waals surface area contributed by atoms with Crippen molar-refractivity contribution in [2.45, 2.75) is 71.4 Å². The summed E-state index contributed by atoms with van der Waals surface area (Å²) in [5.41, 5.74) is -0.349. The van der Waals surface area contributed by atoms with Gasteiger partial charge in [0.1, 0.15) is 5.54 Å². The Morgan fingerprint density at radius 3 is 2.41 bits per heavy atom. The van der Waals surface area contributed by atoms with Crippen molar-refractivity contribution in [2.24, 2.45) is 0 Å². The predicted molar refractivity (Wildman–Crippen MR) is 78.4 cm³/mol. The number of hydrogen-bond acceptors (Lipinski definition) is 3. The van der Waals surface area contributed by atoms with Gasteiger partial charge in [-0.05, 0) is 51.5 Å². The van der Waals surface area contributed by atoms with Gasteiger partial charge in [-0.15, -0.1) is 0 Å². The molecule has 0 aromatic heterocycles. The summed E-state index contributed by atoms with van der Waals surface area (Å²) >= 11 is 2.03. The van der Waals surface area contributed by atoms with E-state index in [1.54, 1.807) is 0 Å². The summed E-state index contributed by atoms with van der Waals surface area (Å²) in [4.78, 5) is 0. The maximum Gasteiger partial charge on any atom is 0.104 e. The van der Waals surface area contributed by atoms with Crippen molar-refractivity contribution in [3.63, 3.8) is 0 Å². The number of nitrogens with one attached hydrogen (secondary N) is 1. The molecule has 0 fully saturated rings. The molecule has 0 aliphatic carbocycles. The molecule has 100 valence electrons. The van der Waals surface area contributed by atoms with E-state index in [1.807, 2.05) is 18.7 Å². The first-order chi connectivity index (χ1) is 8.04. The molecular formula is C14H28N2S. The maximum absolute atomic E-state index is 9.19. The zero-order valence-electron chi connectivity index (χ0n) is 11.9. The number of unbranched alkanes of at least 4 members (excludes halogenated alkanes) is 2. The van der Waals surface area contributed by atoms with Crippen molar-refractivity contribution in [2.75, 3.05) is 11.5 Å². The molecule has 0 heterocycles. The number of nitriles is 1. The van der Waals surface area contributed by atoms with Crippen LogP contribution in [0.1, 0.15) is 59.8 Å². The highest BCUT2D eigenvalue weighted by molar-refractivity contribution is 7.99. The molecule has 0 spiro atoms. The van der Waals surface area contributed by atoms with Crippen LogP contribution in [-0.4, -0.2) is 23.1 Å². The number of rotatable bonds is 10. The zero-order chi connectivity index (χ0) is 13.1. The smallest absolute Gasteiger partial charge is 0.104 e. The normalized spacial score (nSPS) is 14.6. The number of thioether (sulfide) groups is 1. The van der Waals surface area contributed by atoms with Crippen LogP contribution < -0.4 is 5.32 Å². The van der Waals surface area contributed by atoms with Gasteiger partial charge in [0, 0.05) is 6.04 Å². The summed E-state index contributed by atoms with van der Waals surface area (Å²) in [5, 5.41) is 12.5. The second kappa shape index (κ2) is 9.79. The molecule has 0 amide bonds. The van der Waals surface area contributed by atoms with Crippen LogP contribution in [0.4, 0.5) is 0 Å². The molecule has 0 saturated heterocycles. The van der Waals surface area contributed by atoms with Crippen LogP contribution in [0.5, 0.6) is 0 Å². The fourth-order valence-electron chi connectivity index (χ4n) is 1.88. The third-order valence-corrected chi connectivity index (χ3v) is 3.87. The minimum Gasteiger partial charge on any atom is -0.297 e. The minimum absolute atomic E-state index is 0.349. The van der Waals surface area contributed by atoms with E-state index in [1.165, 1.54) is 30.8 Å². The number of hydrogen-bond donors (Lipinski definition) is 1. The number of nitrogens with zero attached hydrogens (tertiary/aromatic N) is 1. The van der Waals surface area contributed by atoms with Crippen LogP contribution in [0.15, 0.2) is 0 Å². The lowest BCUT2D eigenvalue weighted by Crippen LogP contribution is -2.44. The van der Waals surface area contributed by atoms with Crippen molar-refractivity contribution in [3.8, 4) is 6.07 Å². The van der Waals surface area contributed by atoms with E-state index in [4.69, 9.17) is 0 Å². The summed E-state index contributed by atoms with van der Waals surface area (Å²) in [7, 11) is 0. The Hall–Kier alpha value is -0.200. The van der Waals surface area contributed by atoms with Crippen molar-refractivity contribution in [3.05, 3.63) is 0 Å². The average Bonchev–Trinajstić information content (AvgIpc) is 2.27. The minimum atomic E-state index is -0.349. The molecular weight excluding hydrogens is 228 g/mol. The van der Waals surface area contributed by atoms with Crippen LogP contribution >= 0.6 is 11.8 Å². The van der Waals surface area contributed by atoms with Crippen LogP contribution in [0.3, 0.4) is 0 Å². The van der Waals surface area contributed by atoms with E-state index in [0.717, 1.165) is 12.8 Å². The maximum atomic E-state index is 9.19. The van der Waals surface area contributed by atoms with Gasteiger partial charge in [-0.3, -0.25) is 5.32 Å². The van der Waals surface area contributed by atoms with Crippen LogP contribution in [0.2, 0.25) is 0 Å². The lowest BCUT2D eigenvalue weighted by Gasteiger charge is -2.25. The first-order valence-electron chi connectivity index (χ1n) is 6.80. The average molecular weight is 256 g/mol. The quantitative estimate of drug-likeness (QED) is 0.601. The summed E-state index contributed by atoms with van der Waals surface area (Å²) < 4.78 is 0. The first-order valence-corrected chi connectivity index (χ1v) is 7.96. The molecule has 0 bridgehead atoms. The molecule has 0 saturated carbocycles. The SMILES string of the molecule is CCCCCSCCCC(C)(C#N)NC(C)C. The Labute approximate surface area is 112 Å². The third kappa shape index (κ3) is 9.50. The van der Waals surface area contributed by atoms with Crippen molar-refractivity contribution in [1.82, 2.24) is 5.32 Å². The van der Waals surface area contributed by atoms with Gasteiger partial charge in [0.25, 0.3) is 0 Å². The topological polar surface area (TPSA) is 35.8 Å². The first kappa shape index (κ1) is 16.8. The molecule has 0 radical (unpaired) electrons. The largest absolute Gasteiger partial charge is 0.297 e. The monoisotopic (exact) mass is 256 g/mol. The summed E-state index contributed by atoms with van der Waals surface area (Å²) in [6.45, 7) is 8.43. The molecule has 1 N–H and O–H groups in total. The van der Waals surface area contributed by atoms with E-state index in [-0.39, 0.29) is 5.54 Å². The molecule has 0 aliphatic heterocycles. The molecule has 17 heavy (non-hydrogen) atoms. The summed E-state index contributed by atoms with van der Waals surface area (Å²) in [5.74, 6) is 2.45. The lowest BCUT2D eigenvalue weighted by atomic mass is 9.97. The lowest BCUT2D eigenvalue weighted by molar-refractivity contribution is 0.380. The van der Waals surface area contributed by atoms with E-state index >= 15 is 0 Å². The van der Waals surface area contributed by atoms with E-state index in [0.29, 0.717) is 6.04 Å². The molecule has 1 atom stereocenters. The second-order valence-corrected chi connectivity index (χ2v) is 6.39. The van der Waals surface area contributed by atoms with Gasteiger partial charge in [-0.25, -0.2) is 0 Å². The predicted octanol–water partition coefficient (Wildman–Crippen LogP) is 3.97. The molecule has 0 aliphatic rings. The highest BCUT2D eigenvalue weighted by atomic mass is 32.2. The molecule has 0 rings (SSSR count). The van der Waals surface area contributed by atoms with Gasteiger partial charge in [-0.1, -0.05) is 19.8 Å². The second-order valence-electron chi connectivity index (χ2n) is 5.17. The zero-order valence-corrected chi connectivity index (χ0v) is 12.7. The standard InChI is InChI=1S/C14H28N2S/c1-5-6-7-10-17-11-8-9-14(4,12-15)16-13(2)3/h13,16H,5-11H2,1-4H3. The van der Waals surface area contributed by atoms with Crippen molar-refractivity contribution < 1.29 is 0 Å². The summed E-state index contributed by atoms with van der Waals surface area (Å²) in [6, 6.07) is 2.77. The Balaban J connectivity index is 3.60. The molecule has 1 unspecified atom stereocenters. The third-order valence-electron chi connectivity index (χ3n) is 2.71. The van der Waals surface area contributed by atoms with Gasteiger partial charge in [-0.2, -0.15) is 17.0 Å². The van der Waals surface area contributed by atoms with Gasteiger partial charge in [0.2, 0.25) is 0 Å². The van der Waals surface area contributed by atoms with Crippen molar-refractivity contribution >= 4 is 11.8 Å². The van der Waals surface area contributed by atoms with Crippen LogP contribution in [-0.2, 0) is 0 Å². The highest BCUT2D eigenvalue weighted by Gasteiger charge is 2.23. The molecule has 0 aromatic carbocycles. The Kier molecular flexibility index (Phi) is 9.68. The molecule has 3 heteroatoms. The molecule has 0 aromatic rings. The highest BCUT2D eigenvalue weighted by Crippen LogP contribution is 2.16. The van der Waals surface area contributed by atoms with Crippen LogP contribution in [0.25, 0.3) is 0 Å². The fraction of sp³-hybridized carbons (Fsp3) is 0.929. The van der Waals surface area contributed by atoms with Crippen molar-refractivity contribution in [1.29, 1.82) is 5.26 Å². The Morgan fingerprint density at radius 2 is 1.88 bits per heavy atom. The van der Waals surface area contributed by atoms with E-state index in [9.17, 15) is 5.26 Å². The Bertz CT molecular complexity index is 223. The van der Waals surface area contributed by atoms with Gasteiger partial charge in [0.15, 0.2) is 0 Å². The molecule has 2 nitrogen and oxygen atoms in total.